The highest BCUT2D eigenvalue weighted by Crippen LogP contribution is 2.29. The molecule has 6 heteroatoms. The van der Waals surface area contributed by atoms with Crippen molar-refractivity contribution in [3.05, 3.63) is 21.4 Å². The lowest BCUT2D eigenvalue weighted by Crippen LogP contribution is -2.46. The van der Waals surface area contributed by atoms with Gasteiger partial charge in [0.05, 0.1) is 11.5 Å². The molecule has 5 nitrogen and oxygen atoms in total. The normalized spacial score (nSPS) is 18.9. The summed E-state index contributed by atoms with van der Waals surface area (Å²) in [6.07, 6.45) is 8.87. The van der Waals surface area contributed by atoms with Crippen molar-refractivity contribution in [2.45, 2.75) is 64.4 Å². The molecule has 2 aliphatic carbocycles. The summed E-state index contributed by atoms with van der Waals surface area (Å²) in [5.74, 6) is 0.0638. The summed E-state index contributed by atoms with van der Waals surface area (Å²) in [7, 11) is 0. The van der Waals surface area contributed by atoms with Gasteiger partial charge in [-0.2, -0.15) is 0 Å². The zero-order valence-electron chi connectivity index (χ0n) is 14.2. The summed E-state index contributed by atoms with van der Waals surface area (Å²) in [4.78, 5) is 26.2. The quantitative estimate of drug-likeness (QED) is 0.802. The van der Waals surface area contributed by atoms with E-state index in [2.05, 4.69) is 10.9 Å². The van der Waals surface area contributed by atoms with Crippen LogP contribution in [0, 0.1) is 5.92 Å². The minimum Gasteiger partial charge on any atom is -0.368 e. The first-order chi connectivity index (χ1) is 11.6. The fourth-order valence-electron chi connectivity index (χ4n) is 2.88. The lowest BCUT2D eigenvalue weighted by Gasteiger charge is -2.13. The fraction of sp³-hybridized carbons (Fsp3) is 0.667. The zero-order chi connectivity index (χ0) is 16.9. The van der Waals surface area contributed by atoms with Crippen molar-refractivity contribution < 1.29 is 14.3 Å². The molecule has 2 aliphatic rings. The van der Waals surface area contributed by atoms with E-state index >= 15 is 0 Å². The van der Waals surface area contributed by atoms with Crippen molar-refractivity contribution in [2.24, 2.45) is 5.92 Å². The molecular formula is C18H26N2O3S. The highest BCUT2D eigenvalue weighted by Gasteiger charge is 2.24. The smallest absolute Gasteiger partial charge is 0.279 e. The highest BCUT2D eigenvalue weighted by atomic mass is 32.1. The third-order valence-corrected chi connectivity index (χ3v) is 5.90. The molecule has 0 radical (unpaired) electrons. The van der Waals surface area contributed by atoms with Gasteiger partial charge in [0.25, 0.3) is 11.8 Å². The van der Waals surface area contributed by atoms with Gasteiger partial charge in [-0.05, 0) is 63.0 Å². The number of amides is 2. The molecule has 0 bridgehead atoms. The lowest BCUT2D eigenvalue weighted by atomic mass is 10.00. The molecule has 2 N–H and O–H groups in total. The Morgan fingerprint density at radius 2 is 1.96 bits per heavy atom. The van der Waals surface area contributed by atoms with E-state index in [4.69, 9.17) is 4.74 Å². The molecule has 1 saturated carbocycles. The van der Waals surface area contributed by atoms with Crippen molar-refractivity contribution in [1.82, 2.24) is 10.9 Å². The van der Waals surface area contributed by atoms with Crippen molar-refractivity contribution in [3.63, 3.8) is 0 Å². The molecule has 0 spiro atoms. The molecule has 1 unspecified atom stereocenters. The van der Waals surface area contributed by atoms with Gasteiger partial charge >= 0.3 is 0 Å². The molecule has 0 aromatic carbocycles. The first-order valence-corrected chi connectivity index (χ1v) is 9.78. The number of thiophene rings is 1. The van der Waals surface area contributed by atoms with Gasteiger partial charge in [-0.3, -0.25) is 20.4 Å². The number of carbonyl (C=O) groups is 2. The maximum Gasteiger partial charge on any atom is 0.279 e. The zero-order valence-corrected chi connectivity index (χ0v) is 15.0. The number of ether oxygens (including phenoxy) is 1. The predicted octanol–water partition coefficient (Wildman–Crippen LogP) is 2.98. The molecule has 132 valence electrons. The first-order valence-electron chi connectivity index (χ1n) is 8.97. The van der Waals surface area contributed by atoms with Crippen LogP contribution in [0.15, 0.2) is 6.07 Å². The number of hydrazine groups is 1. The highest BCUT2D eigenvalue weighted by molar-refractivity contribution is 7.14. The van der Waals surface area contributed by atoms with E-state index in [0.29, 0.717) is 17.4 Å². The average molecular weight is 350 g/mol. The first kappa shape index (κ1) is 17.4. The number of rotatable bonds is 5. The van der Waals surface area contributed by atoms with Crippen molar-refractivity contribution in [3.8, 4) is 0 Å². The van der Waals surface area contributed by atoms with E-state index in [1.807, 2.05) is 6.07 Å². The van der Waals surface area contributed by atoms with E-state index in [1.165, 1.54) is 49.0 Å². The number of aryl methyl sites for hydroxylation is 2. The van der Waals surface area contributed by atoms with Crippen LogP contribution in [0.5, 0.6) is 0 Å². The molecule has 2 amide bonds. The molecule has 24 heavy (non-hydrogen) atoms. The SMILES string of the molecule is CC(OCC1CC1)C(=O)NNC(=O)c1cc2c(s1)CCCCCC2. The Labute approximate surface area is 147 Å². The average Bonchev–Trinajstić information content (AvgIpc) is 3.31. The number of fused-ring (bicyclic) bond motifs is 1. The third kappa shape index (κ3) is 4.80. The summed E-state index contributed by atoms with van der Waals surface area (Å²) in [5, 5.41) is 0. The van der Waals surface area contributed by atoms with Crippen LogP contribution in [-0.4, -0.2) is 24.5 Å². The van der Waals surface area contributed by atoms with Crippen molar-refractivity contribution in [1.29, 1.82) is 0 Å². The Kier molecular flexibility index (Phi) is 5.89. The maximum absolute atomic E-state index is 12.3. The van der Waals surface area contributed by atoms with Crippen LogP contribution in [0.4, 0.5) is 0 Å². The van der Waals surface area contributed by atoms with Crippen LogP contribution < -0.4 is 10.9 Å². The van der Waals surface area contributed by atoms with Gasteiger partial charge in [0.1, 0.15) is 6.10 Å². The summed E-state index contributed by atoms with van der Waals surface area (Å²) < 4.78 is 5.50. The van der Waals surface area contributed by atoms with E-state index in [1.54, 1.807) is 18.3 Å². The second-order valence-corrected chi connectivity index (χ2v) is 7.97. The molecule has 1 aromatic rings. The molecule has 1 fully saturated rings. The van der Waals surface area contributed by atoms with Crippen LogP contribution in [0.1, 0.15) is 65.6 Å². The molecule has 3 rings (SSSR count). The van der Waals surface area contributed by atoms with E-state index in [-0.39, 0.29) is 11.8 Å². The summed E-state index contributed by atoms with van der Waals surface area (Å²) >= 11 is 1.55. The van der Waals surface area contributed by atoms with Crippen molar-refractivity contribution >= 4 is 23.2 Å². The van der Waals surface area contributed by atoms with Gasteiger partial charge in [-0.25, -0.2) is 0 Å². The number of carbonyl (C=O) groups excluding carboxylic acids is 2. The molecule has 1 heterocycles. The van der Waals surface area contributed by atoms with E-state index in [9.17, 15) is 9.59 Å². The van der Waals surface area contributed by atoms with Gasteiger partial charge < -0.3 is 4.74 Å². The van der Waals surface area contributed by atoms with Crippen LogP contribution in [0.2, 0.25) is 0 Å². The minimum absolute atomic E-state index is 0.241. The Hall–Kier alpha value is -1.40. The molecule has 1 atom stereocenters. The minimum atomic E-state index is -0.547. The second kappa shape index (κ2) is 8.12. The standard InChI is InChI=1S/C18H26N2O3S/c1-12(23-11-13-8-9-13)17(21)19-20-18(22)16-10-14-6-4-2-3-5-7-15(14)24-16/h10,12-13H,2-9,11H2,1H3,(H,19,21)(H,20,22). The number of hydrogen-bond donors (Lipinski definition) is 2. The maximum atomic E-state index is 12.3. The largest absolute Gasteiger partial charge is 0.368 e. The molecular weight excluding hydrogens is 324 g/mol. The summed E-state index contributed by atoms with van der Waals surface area (Å²) in [6, 6.07) is 1.99. The Balaban J connectivity index is 1.49. The van der Waals surface area contributed by atoms with Crippen molar-refractivity contribution in [2.75, 3.05) is 6.61 Å². The molecule has 1 aromatic heterocycles. The van der Waals surface area contributed by atoms with E-state index in [0.717, 1.165) is 12.8 Å². The fourth-order valence-corrected chi connectivity index (χ4v) is 4.03. The van der Waals surface area contributed by atoms with Crippen LogP contribution in [0.3, 0.4) is 0 Å². The van der Waals surface area contributed by atoms with Gasteiger partial charge in [0, 0.05) is 4.88 Å². The monoisotopic (exact) mass is 350 g/mol. The predicted molar refractivity (Wildman–Crippen MR) is 93.9 cm³/mol. The summed E-state index contributed by atoms with van der Waals surface area (Å²) in [5.41, 5.74) is 6.29. The van der Waals surface area contributed by atoms with Gasteiger partial charge in [0.2, 0.25) is 0 Å². The third-order valence-electron chi connectivity index (χ3n) is 4.67. The molecule has 0 aliphatic heterocycles. The van der Waals surface area contributed by atoms with Crippen LogP contribution >= 0.6 is 11.3 Å². The molecule has 0 saturated heterocycles. The topological polar surface area (TPSA) is 67.4 Å². The summed E-state index contributed by atoms with van der Waals surface area (Å²) in [6.45, 7) is 2.33. The van der Waals surface area contributed by atoms with Crippen LogP contribution in [0.25, 0.3) is 0 Å². The number of hydrogen-bond acceptors (Lipinski definition) is 4. The van der Waals surface area contributed by atoms with E-state index < -0.39 is 6.10 Å². The van der Waals surface area contributed by atoms with Gasteiger partial charge in [-0.15, -0.1) is 11.3 Å². The Morgan fingerprint density at radius 3 is 2.71 bits per heavy atom. The lowest BCUT2D eigenvalue weighted by molar-refractivity contribution is -0.132. The van der Waals surface area contributed by atoms with Crippen LogP contribution in [-0.2, 0) is 22.4 Å². The Morgan fingerprint density at radius 1 is 1.21 bits per heavy atom. The van der Waals surface area contributed by atoms with Gasteiger partial charge in [-0.1, -0.05) is 12.8 Å². The second-order valence-electron chi connectivity index (χ2n) is 6.84. The van der Waals surface area contributed by atoms with Gasteiger partial charge in [0.15, 0.2) is 0 Å². The Bertz CT molecular complexity index is 570. The number of nitrogens with one attached hydrogen (secondary N) is 2.